The molecule has 2 aromatic carbocycles. The summed E-state index contributed by atoms with van der Waals surface area (Å²) in [7, 11) is -3.29. The molecule has 2 rings (SSSR count). The maximum atomic E-state index is 12.1. The lowest BCUT2D eigenvalue weighted by Gasteiger charge is -2.14. The molecule has 1 amide bonds. The average Bonchev–Trinajstić information content (AvgIpc) is 2.48. The monoisotopic (exact) mass is 320 g/mol. The standard InChI is InChI=1S/C15H14NO5S/c1-10-8-9-12(14(13(10)21-2)22(18,19)20)16-15(17)11-6-4-3-5-7-11/h3-6,8-9H,1-2H3,(H,16,17)(H,18,19,20). The fourth-order valence-electron chi connectivity index (χ4n) is 1.99. The predicted octanol–water partition coefficient (Wildman–Crippen LogP) is 2.30. The number of hydrogen-bond acceptors (Lipinski definition) is 4. The summed E-state index contributed by atoms with van der Waals surface area (Å²) < 4.78 is 37.7. The molecule has 2 aromatic rings. The molecule has 0 bridgehead atoms. The maximum Gasteiger partial charge on any atom is 0.300 e. The second-order valence-corrected chi connectivity index (χ2v) is 5.86. The lowest BCUT2D eigenvalue weighted by atomic mass is 10.1. The molecule has 1 radical (unpaired) electrons. The van der Waals surface area contributed by atoms with Crippen LogP contribution in [-0.4, -0.2) is 26.0 Å². The van der Waals surface area contributed by atoms with Crippen molar-refractivity contribution < 1.29 is 22.5 Å². The van der Waals surface area contributed by atoms with Gasteiger partial charge in [-0.15, -0.1) is 0 Å². The van der Waals surface area contributed by atoms with Crippen LogP contribution in [0.5, 0.6) is 5.75 Å². The molecular weight excluding hydrogens is 306 g/mol. The number of hydrogen-bond donors (Lipinski definition) is 2. The van der Waals surface area contributed by atoms with E-state index in [0.29, 0.717) is 5.56 Å². The summed E-state index contributed by atoms with van der Waals surface area (Å²) in [6.45, 7) is 1.63. The number of aryl methyl sites for hydroxylation is 1. The molecule has 22 heavy (non-hydrogen) atoms. The lowest BCUT2D eigenvalue weighted by Crippen LogP contribution is -2.15. The quantitative estimate of drug-likeness (QED) is 0.843. The number of rotatable bonds is 4. The van der Waals surface area contributed by atoms with Crippen molar-refractivity contribution in [2.24, 2.45) is 0 Å². The first kappa shape index (κ1) is 16.0. The molecule has 0 heterocycles. The van der Waals surface area contributed by atoms with Gasteiger partial charge in [-0.25, -0.2) is 0 Å². The van der Waals surface area contributed by atoms with Gasteiger partial charge < -0.3 is 10.1 Å². The van der Waals surface area contributed by atoms with Crippen LogP contribution in [-0.2, 0) is 10.1 Å². The Morgan fingerprint density at radius 2 is 2.00 bits per heavy atom. The Balaban J connectivity index is 2.50. The van der Waals surface area contributed by atoms with Gasteiger partial charge in [-0.05, 0) is 30.7 Å². The van der Waals surface area contributed by atoms with Gasteiger partial charge in [-0.2, -0.15) is 8.42 Å². The number of nitrogens with one attached hydrogen (secondary N) is 1. The second kappa shape index (κ2) is 6.17. The Hall–Kier alpha value is -2.38. The van der Waals surface area contributed by atoms with Gasteiger partial charge in [0, 0.05) is 5.56 Å². The van der Waals surface area contributed by atoms with Crippen LogP contribution in [0.25, 0.3) is 0 Å². The van der Waals surface area contributed by atoms with E-state index >= 15 is 0 Å². The highest BCUT2D eigenvalue weighted by Crippen LogP contribution is 2.34. The number of amides is 1. The molecule has 0 aliphatic carbocycles. The van der Waals surface area contributed by atoms with Gasteiger partial charge in [-0.3, -0.25) is 9.35 Å². The molecule has 0 aromatic heterocycles. The molecule has 0 atom stereocenters. The second-order valence-electron chi connectivity index (χ2n) is 4.50. The summed E-state index contributed by atoms with van der Waals surface area (Å²) in [5, 5.41) is 2.45. The first-order valence-corrected chi connectivity index (χ1v) is 7.71. The Labute approximate surface area is 128 Å². The van der Waals surface area contributed by atoms with Crippen molar-refractivity contribution >= 4 is 21.7 Å². The van der Waals surface area contributed by atoms with Crippen molar-refractivity contribution in [1.82, 2.24) is 0 Å². The van der Waals surface area contributed by atoms with Crippen LogP contribution < -0.4 is 10.1 Å². The van der Waals surface area contributed by atoms with E-state index in [1.54, 1.807) is 31.2 Å². The summed E-state index contributed by atoms with van der Waals surface area (Å²) in [6.07, 6.45) is 0. The third-order valence-corrected chi connectivity index (χ3v) is 3.89. The van der Waals surface area contributed by atoms with Crippen LogP contribution in [0.1, 0.15) is 15.9 Å². The van der Waals surface area contributed by atoms with Crippen molar-refractivity contribution in [3.8, 4) is 5.75 Å². The minimum atomic E-state index is -4.58. The molecule has 0 unspecified atom stereocenters. The molecule has 0 aliphatic heterocycles. The molecule has 6 nitrogen and oxygen atoms in total. The zero-order valence-corrected chi connectivity index (χ0v) is 12.8. The van der Waals surface area contributed by atoms with Crippen LogP contribution in [0, 0.1) is 13.0 Å². The molecular formula is C15H14NO5S. The summed E-state index contributed by atoms with van der Waals surface area (Å²) >= 11 is 0. The van der Waals surface area contributed by atoms with E-state index in [0.717, 1.165) is 0 Å². The van der Waals surface area contributed by atoms with Crippen molar-refractivity contribution in [3.63, 3.8) is 0 Å². The fraction of sp³-hybridized carbons (Fsp3) is 0.133. The smallest absolute Gasteiger partial charge is 0.300 e. The molecule has 0 saturated heterocycles. The van der Waals surface area contributed by atoms with Crippen molar-refractivity contribution in [2.45, 2.75) is 11.8 Å². The zero-order chi connectivity index (χ0) is 16.3. The third-order valence-electron chi connectivity index (χ3n) is 2.97. The van der Waals surface area contributed by atoms with E-state index in [1.165, 1.54) is 19.2 Å². The van der Waals surface area contributed by atoms with Gasteiger partial charge in [-0.1, -0.05) is 24.3 Å². The molecule has 2 N–H and O–H groups in total. The van der Waals surface area contributed by atoms with Crippen LogP contribution in [0.3, 0.4) is 0 Å². The lowest BCUT2D eigenvalue weighted by molar-refractivity contribution is 0.102. The number of benzene rings is 2. The highest BCUT2D eigenvalue weighted by atomic mass is 32.2. The van der Waals surface area contributed by atoms with Crippen molar-refractivity contribution in [1.29, 1.82) is 0 Å². The van der Waals surface area contributed by atoms with Crippen molar-refractivity contribution in [3.05, 3.63) is 53.6 Å². The van der Waals surface area contributed by atoms with E-state index in [-0.39, 0.29) is 17.0 Å². The van der Waals surface area contributed by atoms with Gasteiger partial charge >= 0.3 is 0 Å². The number of methoxy groups -OCH3 is 1. The van der Waals surface area contributed by atoms with E-state index in [9.17, 15) is 17.8 Å². The minimum Gasteiger partial charge on any atom is -0.495 e. The Kier molecular flexibility index (Phi) is 4.48. The molecule has 0 saturated carbocycles. The highest BCUT2D eigenvalue weighted by Gasteiger charge is 2.24. The summed E-state index contributed by atoms with van der Waals surface area (Å²) in [4.78, 5) is 11.6. The highest BCUT2D eigenvalue weighted by molar-refractivity contribution is 7.86. The van der Waals surface area contributed by atoms with Gasteiger partial charge in [0.05, 0.1) is 12.8 Å². The maximum absolute atomic E-state index is 12.1. The van der Waals surface area contributed by atoms with E-state index < -0.39 is 20.9 Å². The molecule has 0 fully saturated rings. The normalized spacial score (nSPS) is 11.0. The van der Waals surface area contributed by atoms with Crippen LogP contribution >= 0.6 is 0 Å². The third kappa shape index (κ3) is 3.26. The predicted molar refractivity (Wildman–Crippen MR) is 80.8 cm³/mol. The Morgan fingerprint density at radius 3 is 2.55 bits per heavy atom. The number of carbonyl (C=O) groups excluding carboxylic acids is 1. The number of anilines is 1. The van der Waals surface area contributed by atoms with Crippen molar-refractivity contribution in [2.75, 3.05) is 12.4 Å². The SMILES string of the molecule is COc1c(C)ccc(NC(=O)c2[c]cccc2)c1S(=O)(=O)O. The van der Waals surface area contributed by atoms with Gasteiger partial charge in [0.15, 0.2) is 4.90 Å². The van der Waals surface area contributed by atoms with Crippen LogP contribution in [0.2, 0.25) is 0 Å². The summed E-state index contributed by atoms with van der Waals surface area (Å²) in [5.41, 5.74) is 0.690. The minimum absolute atomic E-state index is 0.0164. The Morgan fingerprint density at radius 1 is 1.27 bits per heavy atom. The molecule has 0 spiro atoms. The fourth-order valence-corrected chi connectivity index (χ4v) is 2.87. The summed E-state index contributed by atoms with van der Waals surface area (Å²) in [5.74, 6) is -0.561. The number of ether oxygens (including phenoxy) is 1. The van der Waals surface area contributed by atoms with Gasteiger partial charge in [0.1, 0.15) is 5.75 Å². The van der Waals surface area contributed by atoms with Crippen LogP contribution in [0.4, 0.5) is 5.69 Å². The van der Waals surface area contributed by atoms with E-state index in [1.807, 2.05) is 0 Å². The summed E-state index contributed by atoms with van der Waals surface area (Å²) in [6, 6.07) is 12.2. The van der Waals surface area contributed by atoms with Gasteiger partial charge in [0.25, 0.3) is 16.0 Å². The zero-order valence-electron chi connectivity index (χ0n) is 12.0. The van der Waals surface area contributed by atoms with Crippen LogP contribution in [0.15, 0.2) is 41.3 Å². The topological polar surface area (TPSA) is 92.7 Å². The Bertz CT molecular complexity index is 800. The largest absolute Gasteiger partial charge is 0.495 e. The first-order chi connectivity index (χ1) is 10.3. The molecule has 7 heteroatoms. The average molecular weight is 320 g/mol. The van der Waals surface area contributed by atoms with E-state index in [2.05, 4.69) is 11.4 Å². The molecule has 0 aliphatic rings. The first-order valence-electron chi connectivity index (χ1n) is 6.27. The van der Waals surface area contributed by atoms with E-state index in [4.69, 9.17) is 4.74 Å². The number of carbonyl (C=O) groups is 1. The molecule has 115 valence electrons. The van der Waals surface area contributed by atoms with Gasteiger partial charge in [0.2, 0.25) is 0 Å².